The smallest absolute Gasteiger partial charge is 0.0480 e. The molecule has 3 N–H and O–H groups in total. The summed E-state index contributed by atoms with van der Waals surface area (Å²) in [6.45, 7) is 4.13. The largest absolute Gasteiger partial charge is 0.271 e. The number of aromatic nitrogens is 1. The molecule has 3 nitrogen and oxygen atoms in total. The minimum Gasteiger partial charge on any atom is -0.271 e. The van der Waals surface area contributed by atoms with Crippen LogP contribution in [0.1, 0.15) is 55.1 Å². The number of fused-ring (bicyclic) bond motifs is 2. The third kappa shape index (κ3) is 2.54. The second-order valence-corrected chi connectivity index (χ2v) is 6.52. The Kier molecular flexibility index (Phi) is 3.59. The molecule has 1 aromatic heterocycles. The Labute approximate surface area is 116 Å². The predicted molar refractivity (Wildman–Crippen MR) is 77.3 cm³/mol. The van der Waals surface area contributed by atoms with Crippen molar-refractivity contribution in [3.8, 4) is 0 Å². The molecule has 1 heterocycles. The van der Waals surface area contributed by atoms with E-state index in [4.69, 9.17) is 5.84 Å². The zero-order valence-corrected chi connectivity index (χ0v) is 12.0. The van der Waals surface area contributed by atoms with Crippen LogP contribution in [0.15, 0.2) is 12.1 Å². The molecule has 0 saturated heterocycles. The highest BCUT2D eigenvalue weighted by molar-refractivity contribution is 5.25. The second kappa shape index (κ2) is 5.22. The summed E-state index contributed by atoms with van der Waals surface area (Å²) < 4.78 is 0. The van der Waals surface area contributed by atoms with Crippen molar-refractivity contribution in [1.29, 1.82) is 0 Å². The first-order valence-electron chi connectivity index (χ1n) is 7.57. The minimum absolute atomic E-state index is 0.262. The molecule has 0 aliphatic heterocycles. The van der Waals surface area contributed by atoms with Gasteiger partial charge in [0.25, 0.3) is 0 Å². The van der Waals surface area contributed by atoms with Crippen molar-refractivity contribution < 1.29 is 0 Å². The fourth-order valence-corrected chi connectivity index (χ4v) is 4.32. The van der Waals surface area contributed by atoms with E-state index in [0.717, 1.165) is 29.1 Å². The highest BCUT2D eigenvalue weighted by Gasteiger charge is 2.40. The highest BCUT2D eigenvalue weighted by Crippen LogP contribution is 2.50. The topological polar surface area (TPSA) is 50.9 Å². The van der Waals surface area contributed by atoms with Crippen molar-refractivity contribution >= 4 is 0 Å². The first kappa shape index (κ1) is 13.1. The third-order valence-corrected chi connectivity index (χ3v) is 5.27. The third-order valence-electron chi connectivity index (χ3n) is 5.27. The summed E-state index contributed by atoms with van der Waals surface area (Å²) in [4.78, 5) is 4.57. The van der Waals surface area contributed by atoms with Gasteiger partial charge < -0.3 is 0 Å². The summed E-state index contributed by atoms with van der Waals surface area (Å²) in [5.41, 5.74) is 6.50. The van der Waals surface area contributed by atoms with E-state index in [1.807, 2.05) is 6.92 Å². The molecule has 3 heteroatoms. The van der Waals surface area contributed by atoms with E-state index < -0.39 is 0 Å². The van der Waals surface area contributed by atoms with Crippen molar-refractivity contribution in [2.45, 2.75) is 52.0 Å². The first-order valence-corrected chi connectivity index (χ1v) is 7.57. The molecule has 0 amide bonds. The summed E-state index contributed by atoms with van der Waals surface area (Å²) in [6.07, 6.45) is 6.96. The second-order valence-electron chi connectivity index (χ2n) is 6.52. The number of nitrogens with one attached hydrogen (secondary N) is 1. The number of nitrogens with two attached hydrogens (primary N) is 1. The molecule has 2 bridgehead atoms. The van der Waals surface area contributed by atoms with Gasteiger partial charge in [-0.15, -0.1) is 0 Å². The van der Waals surface area contributed by atoms with Crippen LogP contribution in [0.2, 0.25) is 0 Å². The highest BCUT2D eigenvalue weighted by atomic mass is 15.2. The molecule has 2 aliphatic rings. The standard InChI is InChI=1S/C16H25N3/c1-10-3-6-15(11(2)18-10)16(19-17)9-14-8-12-4-5-13(14)7-12/h3,6,12-14,16,19H,4-5,7-9,17H2,1-2H3. The Hall–Kier alpha value is -0.930. The van der Waals surface area contributed by atoms with E-state index >= 15 is 0 Å². The SMILES string of the molecule is Cc1ccc(C(CC2CC3CCC2C3)NN)c(C)n1. The summed E-state index contributed by atoms with van der Waals surface area (Å²) in [6, 6.07) is 4.54. The molecule has 3 rings (SSSR count). The van der Waals surface area contributed by atoms with Gasteiger partial charge in [-0.25, -0.2) is 0 Å². The van der Waals surface area contributed by atoms with Crippen LogP contribution in [-0.2, 0) is 0 Å². The molecule has 4 atom stereocenters. The van der Waals surface area contributed by atoms with E-state index in [1.165, 1.54) is 37.7 Å². The Bertz CT molecular complexity index is 457. The Morgan fingerprint density at radius 2 is 2.16 bits per heavy atom. The predicted octanol–water partition coefficient (Wildman–Crippen LogP) is 3.03. The van der Waals surface area contributed by atoms with Gasteiger partial charge in [-0.3, -0.25) is 16.3 Å². The van der Waals surface area contributed by atoms with Crippen LogP contribution in [0.25, 0.3) is 0 Å². The molecule has 0 aromatic carbocycles. The fourth-order valence-electron chi connectivity index (χ4n) is 4.32. The number of pyridine rings is 1. The van der Waals surface area contributed by atoms with Gasteiger partial charge in [0.15, 0.2) is 0 Å². The van der Waals surface area contributed by atoms with Gasteiger partial charge in [0.1, 0.15) is 0 Å². The molecular formula is C16H25N3. The number of hydrazine groups is 1. The van der Waals surface area contributed by atoms with E-state index in [-0.39, 0.29) is 6.04 Å². The molecule has 2 aliphatic carbocycles. The van der Waals surface area contributed by atoms with Crippen molar-refractivity contribution in [3.05, 3.63) is 29.1 Å². The minimum atomic E-state index is 0.262. The molecule has 0 radical (unpaired) electrons. The molecule has 2 saturated carbocycles. The van der Waals surface area contributed by atoms with Crippen molar-refractivity contribution in [3.63, 3.8) is 0 Å². The van der Waals surface area contributed by atoms with Gasteiger partial charge in [0.05, 0.1) is 0 Å². The maximum atomic E-state index is 5.81. The maximum Gasteiger partial charge on any atom is 0.0480 e. The van der Waals surface area contributed by atoms with Crippen LogP contribution >= 0.6 is 0 Å². The summed E-state index contributed by atoms with van der Waals surface area (Å²) >= 11 is 0. The lowest BCUT2D eigenvalue weighted by Gasteiger charge is -2.27. The summed E-state index contributed by atoms with van der Waals surface area (Å²) in [7, 11) is 0. The summed E-state index contributed by atoms with van der Waals surface area (Å²) in [5.74, 6) is 8.63. The Balaban J connectivity index is 1.73. The van der Waals surface area contributed by atoms with Gasteiger partial charge in [-0.2, -0.15) is 0 Å². The number of rotatable bonds is 4. The van der Waals surface area contributed by atoms with Crippen LogP contribution in [-0.4, -0.2) is 4.98 Å². The van der Waals surface area contributed by atoms with Crippen molar-refractivity contribution in [2.75, 3.05) is 0 Å². The van der Waals surface area contributed by atoms with Gasteiger partial charge in [-0.05, 0) is 68.9 Å². The van der Waals surface area contributed by atoms with Gasteiger partial charge in [0, 0.05) is 17.4 Å². The summed E-state index contributed by atoms with van der Waals surface area (Å²) in [5, 5.41) is 0. The zero-order valence-electron chi connectivity index (χ0n) is 12.0. The van der Waals surface area contributed by atoms with Crippen LogP contribution in [0, 0.1) is 31.6 Å². The first-order chi connectivity index (χ1) is 9.17. The van der Waals surface area contributed by atoms with Crippen molar-refractivity contribution in [1.82, 2.24) is 10.4 Å². The lowest BCUT2D eigenvalue weighted by atomic mass is 9.82. The molecule has 19 heavy (non-hydrogen) atoms. The Morgan fingerprint density at radius 1 is 1.32 bits per heavy atom. The van der Waals surface area contributed by atoms with Crippen LogP contribution in [0.3, 0.4) is 0 Å². The molecular weight excluding hydrogens is 234 g/mol. The molecule has 0 spiro atoms. The molecule has 104 valence electrons. The zero-order chi connectivity index (χ0) is 13.4. The monoisotopic (exact) mass is 259 g/mol. The fraction of sp³-hybridized carbons (Fsp3) is 0.688. The number of nitrogens with zero attached hydrogens (tertiary/aromatic N) is 1. The number of hydrogen-bond acceptors (Lipinski definition) is 3. The van der Waals surface area contributed by atoms with E-state index in [9.17, 15) is 0 Å². The normalized spacial score (nSPS) is 30.8. The molecule has 2 fully saturated rings. The van der Waals surface area contributed by atoms with E-state index in [0.29, 0.717) is 0 Å². The number of aryl methyl sites for hydroxylation is 2. The lowest BCUT2D eigenvalue weighted by Crippen LogP contribution is -2.31. The molecule has 4 unspecified atom stereocenters. The lowest BCUT2D eigenvalue weighted by molar-refractivity contribution is 0.279. The van der Waals surface area contributed by atoms with E-state index in [1.54, 1.807) is 0 Å². The van der Waals surface area contributed by atoms with E-state index in [2.05, 4.69) is 29.5 Å². The van der Waals surface area contributed by atoms with Crippen molar-refractivity contribution in [2.24, 2.45) is 23.6 Å². The van der Waals surface area contributed by atoms with Gasteiger partial charge in [-0.1, -0.05) is 12.5 Å². The van der Waals surface area contributed by atoms with Crippen LogP contribution in [0.4, 0.5) is 0 Å². The average molecular weight is 259 g/mol. The van der Waals surface area contributed by atoms with Gasteiger partial charge in [0.2, 0.25) is 0 Å². The quantitative estimate of drug-likeness (QED) is 0.645. The Morgan fingerprint density at radius 3 is 2.74 bits per heavy atom. The average Bonchev–Trinajstić information content (AvgIpc) is 2.99. The van der Waals surface area contributed by atoms with Gasteiger partial charge >= 0.3 is 0 Å². The van der Waals surface area contributed by atoms with Crippen LogP contribution < -0.4 is 11.3 Å². The number of hydrogen-bond donors (Lipinski definition) is 2. The maximum absolute atomic E-state index is 5.81. The molecule has 1 aromatic rings. The van der Waals surface area contributed by atoms with Crippen LogP contribution in [0.5, 0.6) is 0 Å².